The summed E-state index contributed by atoms with van der Waals surface area (Å²) in [7, 11) is 1.58. The van der Waals surface area contributed by atoms with Gasteiger partial charge in [0.15, 0.2) is 0 Å². The van der Waals surface area contributed by atoms with Gasteiger partial charge in [0.05, 0.1) is 18.7 Å². The van der Waals surface area contributed by atoms with Crippen LogP contribution in [0.4, 0.5) is 0 Å². The molecule has 21 heavy (non-hydrogen) atoms. The van der Waals surface area contributed by atoms with Crippen LogP contribution in [0.5, 0.6) is 5.75 Å². The van der Waals surface area contributed by atoms with Gasteiger partial charge < -0.3 is 9.84 Å². The number of hydrogen-bond acceptors (Lipinski definition) is 4. The zero-order valence-corrected chi connectivity index (χ0v) is 12.4. The van der Waals surface area contributed by atoms with Gasteiger partial charge in [-0.05, 0) is 43.5 Å². The maximum atomic E-state index is 11.5. The number of aliphatic carboxylic acids is 1. The van der Waals surface area contributed by atoms with Crippen molar-refractivity contribution in [3.8, 4) is 11.8 Å². The Bertz CT molecular complexity index is 565. The predicted molar refractivity (Wildman–Crippen MR) is 77.9 cm³/mol. The van der Waals surface area contributed by atoms with Crippen LogP contribution in [0, 0.1) is 17.2 Å². The van der Waals surface area contributed by atoms with E-state index in [1.54, 1.807) is 25.3 Å². The van der Waals surface area contributed by atoms with E-state index in [4.69, 9.17) is 10.00 Å². The number of methoxy groups -OCH3 is 1. The molecule has 1 aliphatic heterocycles. The smallest absolute Gasteiger partial charge is 0.320 e. The molecular weight excluding hydrogens is 268 g/mol. The summed E-state index contributed by atoms with van der Waals surface area (Å²) in [5.74, 6) is 0.336. The van der Waals surface area contributed by atoms with Gasteiger partial charge in [-0.3, -0.25) is 9.69 Å². The minimum Gasteiger partial charge on any atom is -0.496 e. The van der Waals surface area contributed by atoms with E-state index in [1.807, 2.05) is 4.90 Å². The van der Waals surface area contributed by atoms with Crippen LogP contribution in [-0.2, 0) is 11.3 Å². The van der Waals surface area contributed by atoms with E-state index in [0.717, 1.165) is 18.5 Å². The summed E-state index contributed by atoms with van der Waals surface area (Å²) in [6.07, 6.45) is 1.65. The Labute approximate surface area is 124 Å². The molecule has 1 aliphatic rings. The molecule has 1 saturated heterocycles. The Kier molecular flexibility index (Phi) is 4.81. The van der Waals surface area contributed by atoms with E-state index in [-0.39, 0.29) is 0 Å². The molecule has 1 aromatic rings. The Morgan fingerprint density at radius 1 is 1.57 bits per heavy atom. The van der Waals surface area contributed by atoms with Gasteiger partial charge in [-0.15, -0.1) is 0 Å². The molecule has 112 valence electrons. The molecular formula is C16H20N2O3. The number of ether oxygens (including phenoxy) is 1. The van der Waals surface area contributed by atoms with Gasteiger partial charge in [0, 0.05) is 12.1 Å². The minimum atomic E-state index is -0.781. The summed E-state index contributed by atoms with van der Waals surface area (Å²) in [6.45, 7) is 3.32. The zero-order valence-electron chi connectivity index (χ0n) is 12.4. The average Bonchev–Trinajstić information content (AvgIpc) is 2.48. The first-order chi connectivity index (χ1) is 10.0. The number of nitrogens with zero attached hydrogens (tertiary/aromatic N) is 2. The molecule has 0 bridgehead atoms. The van der Waals surface area contributed by atoms with Gasteiger partial charge in [0.1, 0.15) is 11.8 Å². The van der Waals surface area contributed by atoms with Crippen molar-refractivity contribution in [1.29, 1.82) is 5.26 Å². The lowest BCUT2D eigenvalue weighted by molar-refractivity contribution is -0.145. The van der Waals surface area contributed by atoms with Crippen molar-refractivity contribution in [2.24, 2.45) is 5.92 Å². The molecule has 5 nitrogen and oxygen atoms in total. The number of rotatable bonds is 4. The molecule has 0 radical (unpaired) electrons. The van der Waals surface area contributed by atoms with Gasteiger partial charge in [-0.2, -0.15) is 5.26 Å². The monoisotopic (exact) mass is 288 g/mol. The van der Waals surface area contributed by atoms with Gasteiger partial charge >= 0.3 is 5.97 Å². The number of carboxylic acids is 1. The van der Waals surface area contributed by atoms with Crippen molar-refractivity contribution in [1.82, 2.24) is 4.90 Å². The average molecular weight is 288 g/mol. The Morgan fingerprint density at radius 2 is 2.33 bits per heavy atom. The molecule has 1 N–H and O–H groups in total. The summed E-state index contributed by atoms with van der Waals surface area (Å²) in [6, 6.07) is 6.88. The van der Waals surface area contributed by atoms with Crippen molar-refractivity contribution < 1.29 is 14.6 Å². The van der Waals surface area contributed by atoms with E-state index in [0.29, 0.717) is 30.2 Å². The lowest BCUT2D eigenvalue weighted by Gasteiger charge is -2.36. The number of piperidine rings is 1. The topological polar surface area (TPSA) is 73.6 Å². The summed E-state index contributed by atoms with van der Waals surface area (Å²) < 4.78 is 5.32. The van der Waals surface area contributed by atoms with Crippen LogP contribution in [0.3, 0.4) is 0 Å². The number of likely N-dealkylation sites (tertiary alicyclic amines) is 1. The van der Waals surface area contributed by atoms with Crippen LogP contribution in [0.1, 0.15) is 30.9 Å². The van der Waals surface area contributed by atoms with E-state index >= 15 is 0 Å². The maximum absolute atomic E-state index is 11.5. The Balaban J connectivity index is 2.23. The molecule has 0 spiro atoms. The Morgan fingerprint density at radius 3 is 2.95 bits per heavy atom. The van der Waals surface area contributed by atoms with Crippen molar-refractivity contribution in [3.63, 3.8) is 0 Å². The van der Waals surface area contributed by atoms with Crippen molar-refractivity contribution in [3.05, 3.63) is 29.3 Å². The SMILES string of the molecule is COc1ccc(C#N)cc1CN1CCC(C)CC1C(=O)O. The molecule has 1 heterocycles. The van der Waals surface area contributed by atoms with Crippen molar-refractivity contribution in [2.45, 2.75) is 32.4 Å². The van der Waals surface area contributed by atoms with E-state index in [9.17, 15) is 9.90 Å². The first-order valence-corrected chi connectivity index (χ1v) is 7.09. The third-order valence-corrected chi connectivity index (χ3v) is 4.04. The highest BCUT2D eigenvalue weighted by molar-refractivity contribution is 5.73. The second-order valence-electron chi connectivity index (χ2n) is 5.59. The third-order valence-electron chi connectivity index (χ3n) is 4.04. The number of nitriles is 1. The highest BCUT2D eigenvalue weighted by Gasteiger charge is 2.32. The fraction of sp³-hybridized carbons (Fsp3) is 0.500. The lowest BCUT2D eigenvalue weighted by atomic mass is 9.92. The third kappa shape index (κ3) is 3.53. The van der Waals surface area contributed by atoms with Gasteiger partial charge in [-0.1, -0.05) is 6.92 Å². The quantitative estimate of drug-likeness (QED) is 0.920. The van der Waals surface area contributed by atoms with Gasteiger partial charge in [0.25, 0.3) is 0 Å². The second-order valence-corrected chi connectivity index (χ2v) is 5.59. The molecule has 2 rings (SSSR count). The van der Waals surface area contributed by atoms with Crippen LogP contribution >= 0.6 is 0 Å². The van der Waals surface area contributed by atoms with E-state index < -0.39 is 12.0 Å². The largest absolute Gasteiger partial charge is 0.496 e. The molecule has 5 heteroatoms. The summed E-state index contributed by atoms with van der Waals surface area (Å²) >= 11 is 0. The molecule has 1 aromatic carbocycles. The summed E-state index contributed by atoms with van der Waals surface area (Å²) in [5, 5.41) is 18.4. The number of carboxylic acid groups (broad SMARTS) is 1. The van der Waals surface area contributed by atoms with Crippen LogP contribution in [0.2, 0.25) is 0 Å². The predicted octanol–water partition coefficient (Wildman–Crippen LogP) is 2.25. The fourth-order valence-electron chi connectivity index (χ4n) is 2.83. The second kappa shape index (κ2) is 6.59. The van der Waals surface area contributed by atoms with E-state index in [1.165, 1.54) is 0 Å². The molecule has 1 fully saturated rings. The summed E-state index contributed by atoms with van der Waals surface area (Å²) in [4.78, 5) is 13.4. The number of carbonyl (C=O) groups is 1. The molecule has 0 amide bonds. The fourth-order valence-corrected chi connectivity index (χ4v) is 2.83. The van der Waals surface area contributed by atoms with Crippen LogP contribution in [0.15, 0.2) is 18.2 Å². The molecule has 0 aromatic heterocycles. The molecule has 2 atom stereocenters. The first kappa shape index (κ1) is 15.3. The number of hydrogen-bond donors (Lipinski definition) is 1. The molecule has 2 unspecified atom stereocenters. The normalized spacial score (nSPS) is 22.5. The van der Waals surface area contributed by atoms with Crippen LogP contribution < -0.4 is 4.74 Å². The van der Waals surface area contributed by atoms with Crippen LogP contribution in [0.25, 0.3) is 0 Å². The Hall–Kier alpha value is -2.06. The molecule has 0 saturated carbocycles. The van der Waals surface area contributed by atoms with E-state index in [2.05, 4.69) is 13.0 Å². The first-order valence-electron chi connectivity index (χ1n) is 7.09. The van der Waals surface area contributed by atoms with Crippen LogP contribution in [-0.4, -0.2) is 35.7 Å². The number of benzene rings is 1. The van der Waals surface area contributed by atoms with Crippen molar-refractivity contribution >= 4 is 5.97 Å². The standard InChI is InChI=1S/C16H20N2O3/c1-11-5-6-18(14(7-11)16(19)20)10-13-8-12(9-17)3-4-15(13)21-2/h3-4,8,11,14H,5-7,10H2,1-2H3,(H,19,20). The van der Waals surface area contributed by atoms with Gasteiger partial charge in [-0.25, -0.2) is 0 Å². The zero-order chi connectivity index (χ0) is 15.4. The minimum absolute atomic E-state index is 0.426. The summed E-state index contributed by atoms with van der Waals surface area (Å²) in [5.41, 5.74) is 1.42. The highest BCUT2D eigenvalue weighted by atomic mass is 16.5. The van der Waals surface area contributed by atoms with Gasteiger partial charge in [0.2, 0.25) is 0 Å². The lowest BCUT2D eigenvalue weighted by Crippen LogP contribution is -2.46. The molecule has 0 aliphatic carbocycles. The maximum Gasteiger partial charge on any atom is 0.320 e. The highest BCUT2D eigenvalue weighted by Crippen LogP contribution is 2.27. The van der Waals surface area contributed by atoms with Crippen molar-refractivity contribution in [2.75, 3.05) is 13.7 Å².